The highest BCUT2D eigenvalue weighted by Crippen LogP contribution is 2.43. The Morgan fingerprint density at radius 2 is 2.21 bits per heavy atom. The van der Waals surface area contributed by atoms with E-state index in [0.717, 1.165) is 6.42 Å². The molecule has 0 aromatic rings. The maximum absolute atomic E-state index is 11.2. The Kier molecular flexibility index (Phi) is 3.13. The summed E-state index contributed by atoms with van der Waals surface area (Å²) in [6.07, 6.45) is 2.16. The number of carbonyl (C=O) groups excluding carboxylic acids is 1. The van der Waals surface area contributed by atoms with Crippen LogP contribution in [0, 0.1) is 5.41 Å². The predicted octanol–water partition coefficient (Wildman–Crippen LogP) is 1.58. The van der Waals surface area contributed by atoms with Gasteiger partial charge in [0.05, 0.1) is 0 Å². The first-order valence-electron chi connectivity index (χ1n) is 4.93. The summed E-state index contributed by atoms with van der Waals surface area (Å²) < 4.78 is 5.06. The molecule has 1 aliphatic rings. The van der Waals surface area contributed by atoms with Crippen molar-refractivity contribution < 1.29 is 19.4 Å². The van der Waals surface area contributed by atoms with Crippen molar-refractivity contribution in [3.63, 3.8) is 0 Å². The molecule has 1 rings (SSSR count). The first-order valence-corrected chi connectivity index (χ1v) is 4.93. The monoisotopic (exact) mass is 200 g/mol. The third-order valence-corrected chi connectivity index (χ3v) is 3.07. The van der Waals surface area contributed by atoms with Gasteiger partial charge in [0.1, 0.15) is 11.5 Å². The van der Waals surface area contributed by atoms with Crippen LogP contribution >= 0.6 is 0 Å². The van der Waals surface area contributed by atoms with Gasteiger partial charge in [0.25, 0.3) is 0 Å². The molecular weight excluding hydrogens is 184 g/mol. The Balaban J connectivity index is 2.83. The quantitative estimate of drug-likeness (QED) is 0.702. The lowest BCUT2D eigenvalue weighted by molar-refractivity contribution is -0.165. The van der Waals surface area contributed by atoms with Crippen LogP contribution in [0.2, 0.25) is 0 Å². The molecule has 2 atom stereocenters. The van der Waals surface area contributed by atoms with Crippen LogP contribution in [-0.4, -0.2) is 23.1 Å². The van der Waals surface area contributed by atoms with Gasteiger partial charge in [-0.1, -0.05) is 6.92 Å². The topological polar surface area (TPSA) is 63.6 Å². The highest BCUT2D eigenvalue weighted by atomic mass is 16.5. The summed E-state index contributed by atoms with van der Waals surface area (Å²) in [5, 5.41) is 9.16. The van der Waals surface area contributed by atoms with Crippen molar-refractivity contribution >= 4 is 11.9 Å². The van der Waals surface area contributed by atoms with E-state index < -0.39 is 23.5 Å². The number of carbonyl (C=O) groups is 2. The molecule has 0 aromatic heterocycles. The fraction of sp³-hybridized carbons (Fsp3) is 0.800. The average molecular weight is 200 g/mol. The number of hydrogen-bond donors (Lipinski definition) is 1. The summed E-state index contributed by atoms with van der Waals surface area (Å²) in [4.78, 5) is 22.0. The number of ether oxygens (including phenoxy) is 1. The van der Waals surface area contributed by atoms with E-state index >= 15 is 0 Å². The van der Waals surface area contributed by atoms with Gasteiger partial charge in [-0.15, -0.1) is 0 Å². The van der Waals surface area contributed by atoms with E-state index in [4.69, 9.17) is 9.84 Å². The molecule has 4 heteroatoms. The third-order valence-electron chi connectivity index (χ3n) is 3.07. The molecule has 80 valence electrons. The van der Waals surface area contributed by atoms with Crippen LogP contribution in [0.25, 0.3) is 0 Å². The van der Waals surface area contributed by atoms with Gasteiger partial charge in [0.15, 0.2) is 0 Å². The minimum absolute atomic E-state index is 0.393. The first kappa shape index (κ1) is 11.0. The van der Waals surface area contributed by atoms with Crippen molar-refractivity contribution in [2.45, 2.75) is 45.6 Å². The lowest BCUT2D eigenvalue weighted by Crippen LogP contribution is -2.40. The molecule has 1 saturated carbocycles. The van der Waals surface area contributed by atoms with Crippen LogP contribution in [0.4, 0.5) is 0 Å². The van der Waals surface area contributed by atoms with E-state index in [9.17, 15) is 9.59 Å². The summed E-state index contributed by atoms with van der Waals surface area (Å²) in [5.41, 5.74) is -0.842. The molecule has 0 heterocycles. The zero-order chi connectivity index (χ0) is 10.8. The molecule has 0 saturated heterocycles. The second kappa shape index (κ2) is 3.98. The van der Waals surface area contributed by atoms with Gasteiger partial charge in [0.2, 0.25) is 0 Å². The normalized spacial score (nSPS) is 31.4. The molecule has 14 heavy (non-hydrogen) atoms. The van der Waals surface area contributed by atoms with Crippen LogP contribution in [0.3, 0.4) is 0 Å². The molecule has 1 fully saturated rings. The Morgan fingerprint density at radius 1 is 1.57 bits per heavy atom. The van der Waals surface area contributed by atoms with Gasteiger partial charge in [-0.05, 0) is 25.7 Å². The van der Waals surface area contributed by atoms with E-state index in [-0.39, 0.29) is 0 Å². The lowest BCUT2D eigenvalue weighted by atomic mass is 9.81. The summed E-state index contributed by atoms with van der Waals surface area (Å²) in [6, 6.07) is 0. The van der Waals surface area contributed by atoms with Crippen LogP contribution in [0.5, 0.6) is 0 Å². The summed E-state index contributed by atoms with van der Waals surface area (Å²) >= 11 is 0. The zero-order valence-electron chi connectivity index (χ0n) is 8.58. The minimum Gasteiger partial charge on any atom is -0.481 e. The van der Waals surface area contributed by atoms with Gasteiger partial charge < -0.3 is 9.84 Å². The highest BCUT2D eigenvalue weighted by molar-refractivity contribution is 5.77. The average Bonchev–Trinajstić information content (AvgIpc) is 2.47. The molecule has 1 aliphatic carbocycles. The second-order valence-electron chi connectivity index (χ2n) is 3.81. The fourth-order valence-electron chi connectivity index (χ4n) is 2.21. The van der Waals surface area contributed by atoms with Gasteiger partial charge in [-0.25, -0.2) is 0 Å². The zero-order valence-corrected chi connectivity index (χ0v) is 8.58. The predicted molar refractivity (Wildman–Crippen MR) is 49.8 cm³/mol. The summed E-state index contributed by atoms with van der Waals surface area (Å²) in [7, 11) is 0. The van der Waals surface area contributed by atoms with Crippen LogP contribution in [-0.2, 0) is 14.3 Å². The molecule has 0 aliphatic heterocycles. The standard InChI is InChI=1S/C10H16O4/c1-3-10(9(12)13)6-4-5-8(10)14-7(2)11/h8H,3-6H2,1-2H3,(H,12,13). The smallest absolute Gasteiger partial charge is 0.313 e. The molecule has 0 aromatic carbocycles. The lowest BCUT2D eigenvalue weighted by Gasteiger charge is -2.29. The van der Waals surface area contributed by atoms with Crippen molar-refractivity contribution in [2.24, 2.45) is 5.41 Å². The number of carboxylic acid groups (broad SMARTS) is 1. The Bertz CT molecular complexity index is 249. The maximum Gasteiger partial charge on any atom is 0.313 e. The number of aliphatic carboxylic acids is 1. The largest absolute Gasteiger partial charge is 0.481 e. The van der Waals surface area contributed by atoms with Crippen molar-refractivity contribution in [2.75, 3.05) is 0 Å². The van der Waals surface area contributed by atoms with Crippen molar-refractivity contribution in [1.82, 2.24) is 0 Å². The van der Waals surface area contributed by atoms with Crippen molar-refractivity contribution in [1.29, 1.82) is 0 Å². The third kappa shape index (κ3) is 1.74. The molecule has 0 amide bonds. The van der Waals surface area contributed by atoms with Crippen molar-refractivity contribution in [3.8, 4) is 0 Å². The number of esters is 1. The van der Waals surface area contributed by atoms with E-state index in [1.54, 1.807) is 0 Å². The van der Waals surface area contributed by atoms with E-state index in [0.29, 0.717) is 19.3 Å². The fourth-order valence-corrected chi connectivity index (χ4v) is 2.21. The number of hydrogen-bond acceptors (Lipinski definition) is 3. The Labute approximate surface area is 83.2 Å². The van der Waals surface area contributed by atoms with Gasteiger partial charge in [-0.2, -0.15) is 0 Å². The number of rotatable bonds is 3. The number of carboxylic acids is 1. The maximum atomic E-state index is 11.2. The molecule has 0 radical (unpaired) electrons. The molecular formula is C10H16O4. The highest BCUT2D eigenvalue weighted by Gasteiger charge is 2.49. The van der Waals surface area contributed by atoms with E-state index in [1.165, 1.54) is 6.92 Å². The molecule has 0 bridgehead atoms. The first-order chi connectivity index (χ1) is 6.53. The molecule has 0 spiro atoms. The SMILES string of the molecule is CCC1(C(=O)O)CCCC1OC(C)=O. The minimum atomic E-state index is -0.844. The van der Waals surface area contributed by atoms with Crippen molar-refractivity contribution in [3.05, 3.63) is 0 Å². The molecule has 4 nitrogen and oxygen atoms in total. The van der Waals surface area contributed by atoms with Crippen LogP contribution in [0.1, 0.15) is 39.5 Å². The van der Waals surface area contributed by atoms with Gasteiger partial charge in [0, 0.05) is 6.92 Å². The molecule has 2 unspecified atom stereocenters. The van der Waals surface area contributed by atoms with Crippen LogP contribution < -0.4 is 0 Å². The van der Waals surface area contributed by atoms with Crippen LogP contribution in [0.15, 0.2) is 0 Å². The second-order valence-corrected chi connectivity index (χ2v) is 3.81. The van der Waals surface area contributed by atoms with Gasteiger partial charge in [-0.3, -0.25) is 9.59 Å². The van der Waals surface area contributed by atoms with Gasteiger partial charge >= 0.3 is 11.9 Å². The summed E-state index contributed by atoms with van der Waals surface area (Å²) in [6.45, 7) is 3.15. The summed E-state index contributed by atoms with van der Waals surface area (Å²) in [5.74, 6) is -1.24. The van der Waals surface area contributed by atoms with E-state index in [2.05, 4.69) is 0 Å². The Morgan fingerprint density at radius 3 is 2.64 bits per heavy atom. The van der Waals surface area contributed by atoms with E-state index in [1.807, 2.05) is 6.92 Å². The Hall–Kier alpha value is -1.06. The molecule has 1 N–H and O–H groups in total.